The van der Waals surface area contributed by atoms with Crippen molar-refractivity contribution in [1.82, 2.24) is 9.88 Å². The van der Waals surface area contributed by atoms with Crippen LogP contribution >= 0.6 is 0 Å². The highest BCUT2D eigenvalue weighted by Gasteiger charge is 2.37. The maximum atomic E-state index is 12.3. The van der Waals surface area contributed by atoms with E-state index in [0.29, 0.717) is 12.4 Å². The number of aliphatic hydroxyl groups is 1. The molecule has 0 saturated carbocycles. The molecule has 0 radical (unpaired) electrons. The highest BCUT2D eigenvalue weighted by molar-refractivity contribution is 5.93. The first-order chi connectivity index (χ1) is 9.06. The van der Waals surface area contributed by atoms with Gasteiger partial charge in [0.15, 0.2) is 12.1 Å². The highest BCUT2D eigenvalue weighted by atomic mass is 16.5. The zero-order valence-corrected chi connectivity index (χ0v) is 11.2. The summed E-state index contributed by atoms with van der Waals surface area (Å²) in [6.07, 6.45) is -0.00497. The molecule has 1 aliphatic heterocycles. The first-order valence-corrected chi connectivity index (χ1v) is 6.02. The van der Waals surface area contributed by atoms with Crippen molar-refractivity contribution in [3.8, 4) is 0 Å². The monoisotopic (exact) mass is 270 g/mol. The summed E-state index contributed by atoms with van der Waals surface area (Å²) >= 11 is 0. The van der Waals surface area contributed by atoms with Gasteiger partial charge in [0.2, 0.25) is 0 Å². The van der Waals surface area contributed by atoms with Crippen molar-refractivity contribution >= 4 is 5.91 Å². The number of oxazole rings is 1. The van der Waals surface area contributed by atoms with Crippen LogP contribution in [-0.4, -0.2) is 66.5 Å². The van der Waals surface area contributed by atoms with Crippen LogP contribution < -0.4 is 0 Å². The van der Waals surface area contributed by atoms with Crippen molar-refractivity contribution < 1.29 is 23.8 Å². The molecule has 7 heteroatoms. The fourth-order valence-electron chi connectivity index (χ4n) is 2.13. The summed E-state index contributed by atoms with van der Waals surface area (Å²) < 4.78 is 15.5. The van der Waals surface area contributed by atoms with Gasteiger partial charge in [-0.3, -0.25) is 4.79 Å². The molecule has 7 nitrogen and oxygen atoms in total. The van der Waals surface area contributed by atoms with Gasteiger partial charge in [0.25, 0.3) is 5.91 Å². The number of aromatic nitrogens is 1. The molecular formula is C12H18N2O5. The van der Waals surface area contributed by atoms with E-state index in [-0.39, 0.29) is 18.2 Å². The van der Waals surface area contributed by atoms with E-state index in [4.69, 9.17) is 13.9 Å². The molecule has 2 heterocycles. The molecule has 1 saturated heterocycles. The Morgan fingerprint density at radius 1 is 1.58 bits per heavy atom. The molecule has 1 aromatic rings. The van der Waals surface area contributed by atoms with Gasteiger partial charge < -0.3 is 23.9 Å². The standard InChI is InChI=1S/C12H18N2O5/c1-7-10(13-6-19-7)12(16)14(2)8-4-18-5-9(17-3)11(8)15/h6,8-9,11,15H,4-5H2,1-3H3/t8-,9-,11+/m1/s1. The number of nitrogens with zero attached hydrogens (tertiary/aromatic N) is 2. The van der Waals surface area contributed by atoms with Crippen LogP contribution in [0.4, 0.5) is 0 Å². The van der Waals surface area contributed by atoms with Gasteiger partial charge in [0.05, 0.1) is 19.3 Å². The van der Waals surface area contributed by atoms with E-state index in [1.54, 1.807) is 14.0 Å². The van der Waals surface area contributed by atoms with E-state index in [1.807, 2.05) is 0 Å². The van der Waals surface area contributed by atoms with Gasteiger partial charge in [-0.25, -0.2) is 4.98 Å². The van der Waals surface area contributed by atoms with Crippen LogP contribution in [0.3, 0.4) is 0 Å². The number of hydrogen-bond donors (Lipinski definition) is 1. The van der Waals surface area contributed by atoms with Gasteiger partial charge in [-0.15, -0.1) is 0 Å². The lowest BCUT2D eigenvalue weighted by atomic mass is 10.0. The van der Waals surface area contributed by atoms with E-state index in [1.165, 1.54) is 18.4 Å². The van der Waals surface area contributed by atoms with E-state index >= 15 is 0 Å². The van der Waals surface area contributed by atoms with Crippen molar-refractivity contribution in [3.63, 3.8) is 0 Å². The Morgan fingerprint density at radius 3 is 2.89 bits per heavy atom. The number of carbonyl (C=O) groups excluding carboxylic acids is 1. The van der Waals surface area contributed by atoms with E-state index in [2.05, 4.69) is 4.98 Å². The number of rotatable bonds is 3. The summed E-state index contributed by atoms with van der Waals surface area (Å²) in [7, 11) is 3.11. The summed E-state index contributed by atoms with van der Waals surface area (Å²) in [5.41, 5.74) is 0.245. The number of amides is 1. The second-order valence-corrected chi connectivity index (χ2v) is 4.54. The zero-order chi connectivity index (χ0) is 14.0. The summed E-state index contributed by atoms with van der Waals surface area (Å²) in [4.78, 5) is 17.6. The Kier molecular flexibility index (Phi) is 4.18. The number of hydrogen-bond acceptors (Lipinski definition) is 6. The zero-order valence-electron chi connectivity index (χ0n) is 11.2. The molecular weight excluding hydrogens is 252 g/mol. The van der Waals surface area contributed by atoms with Crippen LogP contribution in [0.25, 0.3) is 0 Å². The first kappa shape index (κ1) is 14.0. The predicted molar refractivity (Wildman–Crippen MR) is 64.7 cm³/mol. The molecule has 19 heavy (non-hydrogen) atoms. The molecule has 3 atom stereocenters. The molecule has 1 fully saturated rings. The number of aryl methyl sites for hydroxylation is 1. The predicted octanol–water partition coefficient (Wildman–Crippen LogP) is -0.170. The SMILES string of the molecule is CO[C@@H]1COC[C@@H](N(C)C(=O)c2ncoc2C)[C@@H]1O. The molecule has 0 spiro atoms. The Labute approximate surface area is 111 Å². The van der Waals surface area contributed by atoms with Gasteiger partial charge in [0, 0.05) is 14.2 Å². The van der Waals surface area contributed by atoms with E-state index in [9.17, 15) is 9.90 Å². The lowest BCUT2D eigenvalue weighted by molar-refractivity contribution is -0.135. The number of ether oxygens (including phenoxy) is 2. The normalized spacial score (nSPS) is 27.3. The van der Waals surface area contributed by atoms with Crippen LogP contribution in [0.2, 0.25) is 0 Å². The average molecular weight is 270 g/mol. The summed E-state index contributed by atoms with van der Waals surface area (Å²) in [5, 5.41) is 10.2. The number of likely N-dealkylation sites (N-methyl/N-ethyl adjacent to an activating group) is 1. The van der Waals surface area contributed by atoms with Crippen LogP contribution in [0, 0.1) is 6.92 Å². The molecule has 2 rings (SSSR count). The van der Waals surface area contributed by atoms with E-state index in [0.717, 1.165) is 0 Å². The Hall–Kier alpha value is -1.44. The second-order valence-electron chi connectivity index (χ2n) is 4.54. The molecule has 106 valence electrons. The minimum atomic E-state index is -0.792. The fourth-order valence-corrected chi connectivity index (χ4v) is 2.13. The second kappa shape index (κ2) is 5.68. The summed E-state index contributed by atoms with van der Waals surface area (Å²) in [5.74, 6) is 0.141. The quantitative estimate of drug-likeness (QED) is 0.820. The third kappa shape index (κ3) is 2.63. The molecule has 0 unspecified atom stereocenters. The van der Waals surface area contributed by atoms with Crippen molar-refractivity contribution in [1.29, 1.82) is 0 Å². The van der Waals surface area contributed by atoms with Gasteiger partial charge >= 0.3 is 0 Å². The van der Waals surface area contributed by atoms with Crippen molar-refractivity contribution in [2.45, 2.75) is 25.2 Å². The molecule has 0 aromatic carbocycles. The van der Waals surface area contributed by atoms with Gasteiger partial charge in [-0.2, -0.15) is 0 Å². The molecule has 0 bridgehead atoms. The first-order valence-electron chi connectivity index (χ1n) is 6.02. The number of methoxy groups -OCH3 is 1. The number of carbonyl (C=O) groups is 1. The topological polar surface area (TPSA) is 85.0 Å². The minimum absolute atomic E-state index is 0.245. The van der Waals surface area contributed by atoms with Gasteiger partial charge in [-0.1, -0.05) is 0 Å². The molecule has 1 aliphatic rings. The minimum Gasteiger partial charge on any atom is -0.448 e. The molecule has 1 amide bonds. The molecule has 1 N–H and O–H groups in total. The van der Waals surface area contributed by atoms with Crippen LogP contribution in [-0.2, 0) is 9.47 Å². The van der Waals surface area contributed by atoms with Crippen LogP contribution in [0.1, 0.15) is 16.2 Å². The Bertz CT molecular complexity index is 447. The van der Waals surface area contributed by atoms with Gasteiger partial charge in [-0.05, 0) is 6.92 Å². The van der Waals surface area contributed by atoms with Crippen LogP contribution in [0.5, 0.6) is 0 Å². The lowest BCUT2D eigenvalue weighted by Gasteiger charge is -2.38. The lowest BCUT2D eigenvalue weighted by Crippen LogP contribution is -2.56. The molecule has 0 aliphatic carbocycles. The number of aliphatic hydroxyl groups excluding tert-OH is 1. The molecule has 1 aromatic heterocycles. The maximum Gasteiger partial charge on any atom is 0.276 e. The smallest absolute Gasteiger partial charge is 0.276 e. The summed E-state index contributed by atoms with van der Waals surface area (Å²) in [6, 6.07) is -0.470. The third-order valence-electron chi connectivity index (χ3n) is 3.41. The fraction of sp³-hybridized carbons (Fsp3) is 0.667. The summed E-state index contributed by atoms with van der Waals surface area (Å²) in [6.45, 7) is 2.25. The Balaban J connectivity index is 2.12. The van der Waals surface area contributed by atoms with Crippen LogP contribution in [0.15, 0.2) is 10.8 Å². The van der Waals surface area contributed by atoms with E-state index < -0.39 is 18.2 Å². The van der Waals surface area contributed by atoms with Gasteiger partial charge in [0.1, 0.15) is 18.0 Å². The average Bonchev–Trinajstić information content (AvgIpc) is 2.83. The van der Waals surface area contributed by atoms with Crippen molar-refractivity contribution in [3.05, 3.63) is 17.8 Å². The highest BCUT2D eigenvalue weighted by Crippen LogP contribution is 2.18. The largest absolute Gasteiger partial charge is 0.448 e. The van der Waals surface area contributed by atoms with Crippen molar-refractivity contribution in [2.24, 2.45) is 0 Å². The van der Waals surface area contributed by atoms with Crippen molar-refractivity contribution in [2.75, 3.05) is 27.4 Å². The maximum absolute atomic E-state index is 12.3. The third-order valence-corrected chi connectivity index (χ3v) is 3.41. The Morgan fingerprint density at radius 2 is 2.32 bits per heavy atom.